The smallest absolute Gasteiger partial charge is 0.233 e. The molecule has 0 amide bonds. The van der Waals surface area contributed by atoms with Gasteiger partial charge in [0.1, 0.15) is 0 Å². The van der Waals surface area contributed by atoms with E-state index in [-0.39, 0.29) is 17.8 Å². The van der Waals surface area contributed by atoms with Crippen molar-refractivity contribution >= 4 is 12.4 Å². The Labute approximate surface area is 114 Å². The Balaban J connectivity index is 0.00000120. The highest BCUT2D eigenvalue weighted by molar-refractivity contribution is 5.85. The van der Waals surface area contributed by atoms with Gasteiger partial charge in [0.25, 0.3) is 0 Å². The largest absolute Gasteiger partial charge is 0.339 e. The summed E-state index contributed by atoms with van der Waals surface area (Å²) >= 11 is 0. The van der Waals surface area contributed by atoms with Gasteiger partial charge in [-0.05, 0) is 32.7 Å². The molecule has 5 heteroatoms. The molecular weight excluding hydrogens is 250 g/mol. The van der Waals surface area contributed by atoms with Crippen LogP contribution in [0.5, 0.6) is 0 Å². The van der Waals surface area contributed by atoms with Crippen LogP contribution in [0.15, 0.2) is 4.52 Å². The van der Waals surface area contributed by atoms with Crippen LogP contribution in [0.25, 0.3) is 0 Å². The molecule has 1 aliphatic heterocycles. The zero-order chi connectivity index (χ0) is 11.7. The van der Waals surface area contributed by atoms with E-state index in [1.54, 1.807) is 0 Å². The fourth-order valence-electron chi connectivity index (χ4n) is 3.01. The summed E-state index contributed by atoms with van der Waals surface area (Å²) in [6, 6.07) is 0. The Morgan fingerprint density at radius 3 is 2.72 bits per heavy atom. The van der Waals surface area contributed by atoms with Gasteiger partial charge in [0.2, 0.25) is 5.89 Å². The summed E-state index contributed by atoms with van der Waals surface area (Å²) in [6.07, 6.45) is 7.55. The zero-order valence-corrected chi connectivity index (χ0v) is 11.8. The molecular formula is C13H22ClN3O. The fourth-order valence-corrected chi connectivity index (χ4v) is 3.01. The normalized spacial score (nSPS) is 29.2. The molecule has 1 N–H and O–H groups in total. The van der Waals surface area contributed by atoms with E-state index in [1.165, 1.54) is 32.1 Å². The molecule has 0 bridgehead atoms. The van der Waals surface area contributed by atoms with Crippen LogP contribution in [0, 0.1) is 0 Å². The minimum absolute atomic E-state index is 0. The second-order valence-corrected chi connectivity index (χ2v) is 5.78. The number of hydrogen-bond donors (Lipinski definition) is 1. The lowest BCUT2D eigenvalue weighted by Crippen LogP contribution is -2.25. The highest BCUT2D eigenvalue weighted by Gasteiger charge is 2.36. The Hall–Kier alpha value is -0.610. The van der Waals surface area contributed by atoms with E-state index in [1.807, 2.05) is 0 Å². The van der Waals surface area contributed by atoms with E-state index in [0.29, 0.717) is 5.92 Å². The molecule has 1 atom stereocenters. The van der Waals surface area contributed by atoms with E-state index < -0.39 is 0 Å². The number of hydrogen-bond acceptors (Lipinski definition) is 4. The molecule has 1 saturated heterocycles. The predicted molar refractivity (Wildman–Crippen MR) is 72.2 cm³/mol. The molecule has 2 aliphatic rings. The van der Waals surface area contributed by atoms with Crippen molar-refractivity contribution in [1.82, 2.24) is 15.5 Å². The van der Waals surface area contributed by atoms with Gasteiger partial charge in [0.15, 0.2) is 5.82 Å². The summed E-state index contributed by atoms with van der Waals surface area (Å²) in [7, 11) is 0. The summed E-state index contributed by atoms with van der Waals surface area (Å²) in [5.74, 6) is 2.33. The van der Waals surface area contributed by atoms with Crippen molar-refractivity contribution in [2.75, 3.05) is 13.1 Å². The van der Waals surface area contributed by atoms with E-state index in [2.05, 4.69) is 22.4 Å². The number of halogens is 1. The Morgan fingerprint density at radius 2 is 2.06 bits per heavy atom. The third-order valence-electron chi connectivity index (χ3n) is 4.30. The Morgan fingerprint density at radius 1 is 1.28 bits per heavy atom. The van der Waals surface area contributed by atoms with Crippen LogP contribution in [0.4, 0.5) is 0 Å². The van der Waals surface area contributed by atoms with Crippen molar-refractivity contribution in [3.8, 4) is 0 Å². The second-order valence-electron chi connectivity index (χ2n) is 5.78. The van der Waals surface area contributed by atoms with E-state index in [4.69, 9.17) is 4.52 Å². The Kier molecular flexibility index (Phi) is 4.28. The first kappa shape index (κ1) is 13.8. The van der Waals surface area contributed by atoms with Gasteiger partial charge in [-0.25, -0.2) is 0 Å². The van der Waals surface area contributed by atoms with Gasteiger partial charge in [-0.3, -0.25) is 0 Å². The molecule has 102 valence electrons. The standard InChI is InChI=1S/C13H21N3O.ClH/c1-13(7-8-14-9-13)12-15-11(16-17-12)10-5-3-2-4-6-10;/h10,14H,2-9H2,1H3;1H. The summed E-state index contributed by atoms with van der Waals surface area (Å²) < 4.78 is 5.50. The van der Waals surface area contributed by atoms with Crippen molar-refractivity contribution in [2.24, 2.45) is 0 Å². The van der Waals surface area contributed by atoms with Gasteiger partial charge in [-0.2, -0.15) is 4.98 Å². The van der Waals surface area contributed by atoms with Crippen molar-refractivity contribution in [3.63, 3.8) is 0 Å². The average molecular weight is 272 g/mol. The minimum atomic E-state index is 0. The van der Waals surface area contributed by atoms with Crippen LogP contribution in [-0.2, 0) is 5.41 Å². The van der Waals surface area contributed by atoms with Gasteiger partial charge in [0.05, 0.1) is 5.41 Å². The number of nitrogens with one attached hydrogen (secondary N) is 1. The minimum Gasteiger partial charge on any atom is -0.339 e. The van der Waals surface area contributed by atoms with Crippen LogP contribution in [-0.4, -0.2) is 23.2 Å². The third-order valence-corrected chi connectivity index (χ3v) is 4.30. The van der Waals surface area contributed by atoms with Crippen molar-refractivity contribution in [1.29, 1.82) is 0 Å². The lowest BCUT2D eigenvalue weighted by Gasteiger charge is -2.18. The summed E-state index contributed by atoms with van der Waals surface area (Å²) in [4.78, 5) is 4.67. The van der Waals surface area contributed by atoms with Gasteiger partial charge in [-0.15, -0.1) is 12.4 Å². The first-order valence-electron chi connectivity index (χ1n) is 6.83. The Bertz CT molecular complexity index is 381. The van der Waals surface area contributed by atoms with Crippen molar-refractivity contribution < 1.29 is 4.52 Å². The molecule has 0 aromatic carbocycles. The molecule has 1 saturated carbocycles. The van der Waals surface area contributed by atoms with Crippen LogP contribution in [0.3, 0.4) is 0 Å². The van der Waals surface area contributed by atoms with Gasteiger partial charge in [-0.1, -0.05) is 24.4 Å². The quantitative estimate of drug-likeness (QED) is 0.899. The molecule has 0 radical (unpaired) electrons. The molecule has 1 aromatic heterocycles. The highest BCUT2D eigenvalue weighted by atomic mass is 35.5. The van der Waals surface area contributed by atoms with Gasteiger partial charge in [0, 0.05) is 12.5 Å². The highest BCUT2D eigenvalue weighted by Crippen LogP contribution is 2.34. The molecule has 2 heterocycles. The number of aromatic nitrogens is 2. The topological polar surface area (TPSA) is 51.0 Å². The van der Waals surface area contributed by atoms with Crippen molar-refractivity contribution in [3.05, 3.63) is 11.7 Å². The molecule has 3 rings (SSSR count). The lowest BCUT2D eigenvalue weighted by molar-refractivity contribution is 0.301. The van der Waals surface area contributed by atoms with Crippen LogP contribution < -0.4 is 5.32 Å². The van der Waals surface area contributed by atoms with E-state index >= 15 is 0 Å². The second kappa shape index (κ2) is 5.57. The molecule has 2 fully saturated rings. The summed E-state index contributed by atoms with van der Waals surface area (Å²) in [5.41, 5.74) is 0.0555. The van der Waals surface area contributed by atoms with E-state index in [0.717, 1.165) is 31.2 Å². The number of nitrogens with zero attached hydrogens (tertiary/aromatic N) is 2. The first-order chi connectivity index (χ1) is 8.28. The fraction of sp³-hybridized carbons (Fsp3) is 0.846. The molecule has 18 heavy (non-hydrogen) atoms. The van der Waals surface area contributed by atoms with E-state index in [9.17, 15) is 0 Å². The monoisotopic (exact) mass is 271 g/mol. The molecule has 1 unspecified atom stereocenters. The van der Waals surface area contributed by atoms with Crippen molar-refractivity contribution in [2.45, 2.75) is 56.8 Å². The maximum absolute atomic E-state index is 5.50. The summed E-state index contributed by atoms with van der Waals surface area (Å²) in [5, 5.41) is 7.59. The molecule has 1 aliphatic carbocycles. The third kappa shape index (κ3) is 2.54. The van der Waals surface area contributed by atoms with Gasteiger partial charge >= 0.3 is 0 Å². The molecule has 4 nitrogen and oxygen atoms in total. The maximum Gasteiger partial charge on any atom is 0.233 e. The van der Waals surface area contributed by atoms with Crippen LogP contribution in [0.1, 0.15) is 63.1 Å². The lowest BCUT2D eigenvalue weighted by atomic mass is 9.88. The zero-order valence-electron chi connectivity index (χ0n) is 10.9. The predicted octanol–water partition coefficient (Wildman–Crippen LogP) is 2.79. The molecule has 1 aromatic rings. The first-order valence-corrected chi connectivity index (χ1v) is 6.83. The average Bonchev–Trinajstić information content (AvgIpc) is 2.99. The van der Waals surface area contributed by atoms with Gasteiger partial charge < -0.3 is 9.84 Å². The van der Waals surface area contributed by atoms with Crippen LogP contribution in [0.2, 0.25) is 0 Å². The number of rotatable bonds is 2. The summed E-state index contributed by atoms with van der Waals surface area (Å²) in [6.45, 7) is 4.22. The molecule has 0 spiro atoms. The SMILES string of the molecule is CC1(c2nc(C3CCCCC3)no2)CCNC1.Cl. The van der Waals surface area contributed by atoms with Crippen LogP contribution >= 0.6 is 12.4 Å². The maximum atomic E-state index is 5.50.